The smallest absolute Gasteiger partial charge is 0.274 e. The minimum Gasteiger partial charge on any atom is -0.352 e. The van der Waals surface area contributed by atoms with Gasteiger partial charge in [0.05, 0.1) is 6.04 Å². The highest BCUT2D eigenvalue weighted by atomic mass is 16.5. The number of hydrogen-bond donors (Lipinski definition) is 3. The van der Waals surface area contributed by atoms with E-state index in [1.54, 1.807) is 29.7 Å². The number of carbonyl (C=O) groups is 2. The van der Waals surface area contributed by atoms with E-state index >= 15 is 0 Å². The highest BCUT2D eigenvalue weighted by molar-refractivity contribution is 5.93. The fourth-order valence-corrected chi connectivity index (χ4v) is 1.19. The number of hydrogen-bond acceptors (Lipinski definition) is 3. The highest BCUT2D eigenvalue weighted by Gasteiger charge is 2.06. The first kappa shape index (κ1) is 11.2. The van der Waals surface area contributed by atoms with Crippen LogP contribution in [0, 0.1) is 0 Å². The summed E-state index contributed by atoms with van der Waals surface area (Å²) in [6, 6.07) is 6.47. The quantitative estimate of drug-likeness (QED) is 0.385. The summed E-state index contributed by atoms with van der Waals surface area (Å²) in [4.78, 5) is 21.2. The van der Waals surface area contributed by atoms with Crippen molar-refractivity contribution in [2.75, 3.05) is 0 Å². The number of hydroxylamine groups is 1. The van der Waals surface area contributed by atoms with E-state index in [0.29, 0.717) is 12.0 Å². The molecule has 1 aromatic rings. The van der Waals surface area contributed by atoms with E-state index in [1.807, 2.05) is 6.92 Å². The molecule has 0 aliphatic heterocycles. The van der Waals surface area contributed by atoms with Crippen LogP contribution < -0.4 is 10.8 Å². The van der Waals surface area contributed by atoms with E-state index in [0.717, 1.165) is 5.56 Å². The van der Waals surface area contributed by atoms with Gasteiger partial charge in [0.2, 0.25) is 6.41 Å². The van der Waals surface area contributed by atoms with Gasteiger partial charge in [0.25, 0.3) is 5.91 Å². The number of nitrogens with one attached hydrogen (secondary N) is 2. The Kier molecular flexibility index (Phi) is 3.82. The second-order valence-corrected chi connectivity index (χ2v) is 3.07. The Labute approximate surface area is 87.1 Å². The molecule has 80 valence electrons. The maximum absolute atomic E-state index is 11.0. The van der Waals surface area contributed by atoms with Gasteiger partial charge in [-0.2, -0.15) is 0 Å². The number of rotatable bonds is 4. The molecule has 0 aliphatic carbocycles. The summed E-state index contributed by atoms with van der Waals surface area (Å²) in [6.45, 7) is 1.83. The van der Waals surface area contributed by atoms with Crippen molar-refractivity contribution in [1.82, 2.24) is 10.8 Å². The van der Waals surface area contributed by atoms with Gasteiger partial charge in [0.15, 0.2) is 0 Å². The van der Waals surface area contributed by atoms with Gasteiger partial charge in [-0.25, -0.2) is 5.48 Å². The second kappa shape index (κ2) is 5.11. The summed E-state index contributed by atoms with van der Waals surface area (Å²) < 4.78 is 0. The van der Waals surface area contributed by atoms with Crippen molar-refractivity contribution < 1.29 is 14.8 Å². The molecule has 5 heteroatoms. The average Bonchev–Trinajstić information content (AvgIpc) is 2.28. The van der Waals surface area contributed by atoms with E-state index < -0.39 is 5.91 Å². The zero-order valence-corrected chi connectivity index (χ0v) is 8.23. The lowest BCUT2D eigenvalue weighted by atomic mass is 10.1. The highest BCUT2D eigenvalue weighted by Crippen LogP contribution is 2.12. The van der Waals surface area contributed by atoms with Crippen molar-refractivity contribution >= 4 is 12.3 Å². The van der Waals surface area contributed by atoms with E-state index in [2.05, 4.69) is 5.32 Å². The molecule has 0 bridgehead atoms. The predicted molar refractivity (Wildman–Crippen MR) is 53.3 cm³/mol. The van der Waals surface area contributed by atoms with Gasteiger partial charge in [0, 0.05) is 5.56 Å². The molecular weight excluding hydrogens is 196 g/mol. The normalized spacial score (nSPS) is 11.6. The largest absolute Gasteiger partial charge is 0.352 e. The first-order valence-electron chi connectivity index (χ1n) is 4.43. The number of amides is 2. The maximum Gasteiger partial charge on any atom is 0.274 e. The van der Waals surface area contributed by atoms with Crippen LogP contribution in [0.1, 0.15) is 28.9 Å². The third kappa shape index (κ3) is 2.78. The Hall–Kier alpha value is -1.88. The molecule has 0 saturated heterocycles. The van der Waals surface area contributed by atoms with Gasteiger partial charge < -0.3 is 5.32 Å². The van der Waals surface area contributed by atoms with Gasteiger partial charge in [-0.15, -0.1) is 0 Å². The van der Waals surface area contributed by atoms with Crippen LogP contribution in [0.15, 0.2) is 24.3 Å². The van der Waals surface area contributed by atoms with Gasteiger partial charge in [0.1, 0.15) is 0 Å². The fraction of sp³-hybridized carbons (Fsp3) is 0.200. The van der Waals surface area contributed by atoms with Gasteiger partial charge in [-0.05, 0) is 24.6 Å². The van der Waals surface area contributed by atoms with Crippen molar-refractivity contribution in [2.45, 2.75) is 13.0 Å². The van der Waals surface area contributed by atoms with Crippen molar-refractivity contribution in [3.05, 3.63) is 35.4 Å². The van der Waals surface area contributed by atoms with Crippen LogP contribution in [-0.4, -0.2) is 17.5 Å². The van der Waals surface area contributed by atoms with Crippen LogP contribution in [0.4, 0.5) is 0 Å². The van der Waals surface area contributed by atoms with Gasteiger partial charge in [-0.3, -0.25) is 14.8 Å². The van der Waals surface area contributed by atoms with Crippen LogP contribution in [-0.2, 0) is 4.79 Å². The monoisotopic (exact) mass is 208 g/mol. The van der Waals surface area contributed by atoms with E-state index in [4.69, 9.17) is 5.21 Å². The summed E-state index contributed by atoms with van der Waals surface area (Å²) in [5.74, 6) is -0.558. The van der Waals surface area contributed by atoms with Crippen molar-refractivity contribution in [3.8, 4) is 0 Å². The summed E-state index contributed by atoms with van der Waals surface area (Å²) in [7, 11) is 0. The molecule has 3 N–H and O–H groups in total. The lowest BCUT2D eigenvalue weighted by molar-refractivity contribution is -0.110. The predicted octanol–water partition coefficient (Wildman–Crippen LogP) is 0.613. The van der Waals surface area contributed by atoms with Crippen molar-refractivity contribution in [3.63, 3.8) is 0 Å². The van der Waals surface area contributed by atoms with Crippen LogP contribution in [0.5, 0.6) is 0 Å². The Balaban J connectivity index is 2.80. The first-order valence-corrected chi connectivity index (χ1v) is 4.43. The Morgan fingerprint density at radius 1 is 1.40 bits per heavy atom. The van der Waals surface area contributed by atoms with Crippen LogP contribution >= 0.6 is 0 Å². The summed E-state index contributed by atoms with van der Waals surface area (Å²) in [5, 5.41) is 11.0. The van der Waals surface area contributed by atoms with Gasteiger partial charge >= 0.3 is 0 Å². The Morgan fingerprint density at radius 2 is 2.00 bits per heavy atom. The second-order valence-electron chi connectivity index (χ2n) is 3.07. The molecule has 5 nitrogen and oxygen atoms in total. The molecule has 0 aromatic heterocycles. The molecule has 1 aromatic carbocycles. The standard InChI is InChI=1S/C10H12N2O3/c1-7(11-6-13)8-2-4-9(5-3-8)10(14)12-15/h2-7,15H,1H3,(H,11,13)(H,12,14). The number of benzene rings is 1. The molecule has 0 aliphatic rings. The van der Waals surface area contributed by atoms with Crippen molar-refractivity contribution in [2.24, 2.45) is 0 Å². The minimum absolute atomic E-state index is 0.103. The van der Waals surface area contributed by atoms with Crippen LogP contribution in [0.25, 0.3) is 0 Å². The average molecular weight is 208 g/mol. The Bertz CT molecular complexity index is 348. The summed E-state index contributed by atoms with van der Waals surface area (Å²) in [5.41, 5.74) is 2.79. The van der Waals surface area contributed by atoms with Gasteiger partial charge in [-0.1, -0.05) is 12.1 Å². The molecule has 15 heavy (non-hydrogen) atoms. The third-order valence-corrected chi connectivity index (χ3v) is 2.09. The fourth-order valence-electron chi connectivity index (χ4n) is 1.19. The van der Waals surface area contributed by atoms with Crippen molar-refractivity contribution in [1.29, 1.82) is 0 Å². The molecule has 2 amide bonds. The summed E-state index contributed by atoms with van der Waals surface area (Å²) >= 11 is 0. The summed E-state index contributed by atoms with van der Waals surface area (Å²) in [6.07, 6.45) is 0.624. The van der Waals surface area contributed by atoms with Crippen LogP contribution in [0.2, 0.25) is 0 Å². The van der Waals surface area contributed by atoms with E-state index in [9.17, 15) is 9.59 Å². The number of carbonyl (C=O) groups excluding carboxylic acids is 2. The molecule has 0 fully saturated rings. The third-order valence-electron chi connectivity index (χ3n) is 2.09. The zero-order chi connectivity index (χ0) is 11.3. The maximum atomic E-state index is 11.0. The Morgan fingerprint density at radius 3 is 2.47 bits per heavy atom. The lowest BCUT2D eigenvalue weighted by Gasteiger charge is -2.10. The zero-order valence-electron chi connectivity index (χ0n) is 8.23. The minimum atomic E-state index is -0.558. The molecule has 0 saturated carbocycles. The molecule has 1 atom stereocenters. The molecule has 1 rings (SSSR count). The van der Waals surface area contributed by atoms with E-state index in [1.165, 1.54) is 0 Å². The molecule has 0 spiro atoms. The first-order chi connectivity index (χ1) is 7.19. The molecule has 1 unspecified atom stereocenters. The lowest BCUT2D eigenvalue weighted by Crippen LogP contribution is -2.19. The SMILES string of the molecule is CC(NC=O)c1ccc(C(=O)NO)cc1. The topological polar surface area (TPSA) is 78.4 Å². The van der Waals surface area contributed by atoms with E-state index in [-0.39, 0.29) is 6.04 Å². The van der Waals surface area contributed by atoms with Crippen LogP contribution in [0.3, 0.4) is 0 Å². The molecule has 0 radical (unpaired) electrons. The molecule has 0 heterocycles. The molecular formula is C10H12N2O3.